The molecule has 2 unspecified atom stereocenters. The van der Waals surface area contributed by atoms with Gasteiger partial charge in [0.15, 0.2) is 0 Å². The lowest BCUT2D eigenvalue weighted by Gasteiger charge is -2.22. The van der Waals surface area contributed by atoms with Gasteiger partial charge in [-0.2, -0.15) is 10.2 Å². The number of aromatic nitrogens is 4. The highest BCUT2D eigenvalue weighted by Crippen LogP contribution is 2.22. The monoisotopic (exact) mass is 262 g/mol. The Bertz CT molecular complexity index is 572. The standard InChI is InChI=1S/C12H18N6O/c1-3-10(13)11(8-4-15-17(2)6-8)18-7-9(5-16-18)12(14)19/h4-7,10-11H,3,13H2,1-2H3,(H2,14,19). The molecule has 2 aromatic rings. The van der Waals surface area contributed by atoms with Gasteiger partial charge in [0.05, 0.1) is 24.0 Å². The molecule has 0 bridgehead atoms. The third-order valence-corrected chi connectivity index (χ3v) is 3.11. The third-order valence-electron chi connectivity index (χ3n) is 3.11. The van der Waals surface area contributed by atoms with Gasteiger partial charge < -0.3 is 11.5 Å². The molecular weight excluding hydrogens is 244 g/mol. The normalized spacial score (nSPS) is 14.3. The molecule has 19 heavy (non-hydrogen) atoms. The van der Waals surface area contributed by atoms with Gasteiger partial charge in [0.25, 0.3) is 5.91 Å². The summed E-state index contributed by atoms with van der Waals surface area (Å²) in [5.41, 5.74) is 12.7. The van der Waals surface area contributed by atoms with E-state index in [2.05, 4.69) is 10.2 Å². The molecule has 0 aliphatic heterocycles. The molecule has 2 rings (SSSR count). The summed E-state index contributed by atoms with van der Waals surface area (Å²) in [7, 11) is 1.84. The van der Waals surface area contributed by atoms with E-state index in [1.807, 2.05) is 20.2 Å². The summed E-state index contributed by atoms with van der Waals surface area (Å²) < 4.78 is 3.38. The molecule has 0 aliphatic carbocycles. The fourth-order valence-electron chi connectivity index (χ4n) is 2.03. The topological polar surface area (TPSA) is 105 Å². The van der Waals surface area contributed by atoms with Crippen molar-refractivity contribution in [3.05, 3.63) is 35.9 Å². The van der Waals surface area contributed by atoms with Gasteiger partial charge in [-0.05, 0) is 6.42 Å². The first-order chi connectivity index (χ1) is 9.02. The zero-order valence-corrected chi connectivity index (χ0v) is 11.0. The molecule has 0 aliphatic rings. The van der Waals surface area contributed by atoms with Crippen molar-refractivity contribution in [3.63, 3.8) is 0 Å². The molecule has 0 spiro atoms. The predicted octanol–water partition coefficient (Wildman–Crippen LogP) is 0.0422. The van der Waals surface area contributed by atoms with Crippen LogP contribution in [0.15, 0.2) is 24.8 Å². The molecule has 1 amide bonds. The van der Waals surface area contributed by atoms with Crippen LogP contribution in [0, 0.1) is 0 Å². The van der Waals surface area contributed by atoms with E-state index < -0.39 is 5.91 Å². The fraction of sp³-hybridized carbons (Fsp3) is 0.417. The highest BCUT2D eigenvalue weighted by Gasteiger charge is 2.23. The number of carbonyl (C=O) groups is 1. The molecular formula is C12H18N6O. The average Bonchev–Trinajstić information content (AvgIpc) is 2.99. The lowest BCUT2D eigenvalue weighted by Crippen LogP contribution is -2.32. The quantitative estimate of drug-likeness (QED) is 0.793. The molecule has 0 saturated carbocycles. The lowest BCUT2D eigenvalue weighted by molar-refractivity contribution is 0.1000. The Balaban J connectivity index is 2.39. The highest BCUT2D eigenvalue weighted by atomic mass is 16.1. The summed E-state index contributed by atoms with van der Waals surface area (Å²) in [5, 5.41) is 8.34. The minimum absolute atomic E-state index is 0.121. The number of nitrogens with two attached hydrogens (primary N) is 2. The summed E-state index contributed by atoms with van der Waals surface area (Å²) in [6, 6.07) is -0.281. The van der Waals surface area contributed by atoms with Crippen LogP contribution in [0.2, 0.25) is 0 Å². The maximum absolute atomic E-state index is 11.1. The summed E-state index contributed by atoms with van der Waals surface area (Å²) in [6.45, 7) is 2.01. The summed E-state index contributed by atoms with van der Waals surface area (Å²) in [6.07, 6.45) is 7.51. The van der Waals surface area contributed by atoms with E-state index in [0.717, 1.165) is 12.0 Å². The second kappa shape index (κ2) is 5.23. The first-order valence-electron chi connectivity index (χ1n) is 6.11. The van der Waals surface area contributed by atoms with Gasteiger partial charge in [0.1, 0.15) is 0 Å². The minimum Gasteiger partial charge on any atom is -0.366 e. The van der Waals surface area contributed by atoms with Crippen LogP contribution >= 0.6 is 0 Å². The number of hydrogen-bond donors (Lipinski definition) is 2. The molecule has 0 saturated heterocycles. The number of amides is 1. The van der Waals surface area contributed by atoms with Crippen molar-refractivity contribution >= 4 is 5.91 Å². The van der Waals surface area contributed by atoms with Crippen LogP contribution in [-0.2, 0) is 7.05 Å². The number of hydrogen-bond acceptors (Lipinski definition) is 4. The molecule has 7 heteroatoms. The van der Waals surface area contributed by atoms with Gasteiger partial charge in [-0.1, -0.05) is 6.92 Å². The van der Waals surface area contributed by atoms with Crippen molar-refractivity contribution in [1.29, 1.82) is 0 Å². The Kier molecular flexibility index (Phi) is 3.66. The first kappa shape index (κ1) is 13.3. The average molecular weight is 262 g/mol. The van der Waals surface area contributed by atoms with Crippen molar-refractivity contribution in [3.8, 4) is 0 Å². The molecule has 2 aromatic heterocycles. The summed E-state index contributed by atoms with van der Waals surface area (Å²) in [4.78, 5) is 11.1. The molecule has 0 aromatic carbocycles. The van der Waals surface area contributed by atoms with Crippen LogP contribution in [0.1, 0.15) is 35.3 Å². The molecule has 0 radical (unpaired) electrons. The second-order valence-electron chi connectivity index (χ2n) is 4.54. The van der Waals surface area contributed by atoms with Crippen molar-refractivity contribution in [2.45, 2.75) is 25.4 Å². The predicted molar refractivity (Wildman–Crippen MR) is 70.4 cm³/mol. The molecule has 2 heterocycles. The van der Waals surface area contributed by atoms with Crippen LogP contribution in [0.4, 0.5) is 0 Å². The largest absolute Gasteiger partial charge is 0.366 e. The fourth-order valence-corrected chi connectivity index (χ4v) is 2.03. The zero-order valence-electron chi connectivity index (χ0n) is 11.0. The Morgan fingerprint density at radius 1 is 1.37 bits per heavy atom. The third kappa shape index (κ3) is 2.65. The number of aryl methyl sites for hydroxylation is 1. The number of primary amides is 1. The van der Waals surface area contributed by atoms with E-state index in [-0.39, 0.29) is 12.1 Å². The zero-order chi connectivity index (χ0) is 14.0. The number of rotatable bonds is 5. The Morgan fingerprint density at radius 2 is 2.11 bits per heavy atom. The number of nitrogens with zero attached hydrogens (tertiary/aromatic N) is 4. The van der Waals surface area contributed by atoms with E-state index >= 15 is 0 Å². The molecule has 102 valence electrons. The smallest absolute Gasteiger partial charge is 0.251 e. The van der Waals surface area contributed by atoms with Gasteiger partial charge in [0.2, 0.25) is 0 Å². The molecule has 7 nitrogen and oxygen atoms in total. The first-order valence-corrected chi connectivity index (χ1v) is 6.11. The SMILES string of the molecule is CCC(N)C(c1cnn(C)c1)n1cc(C(N)=O)cn1. The second-order valence-corrected chi connectivity index (χ2v) is 4.54. The Hall–Kier alpha value is -2.15. The Labute approximate surface area is 111 Å². The van der Waals surface area contributed by atoms with E-state index in [9.17, 15) is 4.79 Å². The van der Waals surface area contributed by atoms with Crippen LogP contribution in [0.3, 0.4) is 0 Å². The van der Waals surface area contributed by atoms with Crippen LogP contribution < -0.4 is 11.5 Å². The molecule has 0 fully saturated rings. The van der Waals surface area contributed by atoms with Crippen molar-refractivity contribution in [2.75, 3.05) is 0 Å². The van der Waals surface area contributed by atoms with E-state index in [1.54, 1.807) is 21.8 Å². The lowest BCUT2D eigenvalue weighted by atomic mass is 10.0. The molecule has 2 atom stereocenters. The maximum Gasteiger partial charge on any atom is 0.251 e. The van der Waals surface area contributed by atoms with Crippen LogP contribution in [0.25, 0.3) is 0 Å². The maximum atomic E-state index is 11.1. The highest BCUT2D eigenvalue weighted by molar-refractivity contribution is 5.92. The van der Waals surface area contributed by atoms with Gasteiger partial charge in [-0.25, -0.2) is 0 Å². The van der Waals surface area contributed by atoms with Crippen LogP contribution in [0.5, 0.6) is 0 Å². The van der Waals surface area contributed by atoms with Crippen molar-refractivity contribution in [1.82, 2.24) is 19.6 Å². The van der Waals surface area contributed by atoms with Gasteiger partial charge in [-0.15, -0.1) is 0 Å². The summed E-state index contributed by atoms with van der Waals surface area (Å²) in [5.74, 6) is -0.499. The van der Waals surface area contributed by atoms with Crippen molar-refractivity contribution < 1.29 is 4.79 Å². The van der Waals surface area contributed by atoms with E-state index in [0.29, 0.717) is 5.56 Å². The van der Waals surface area contributed by atoms with Gasteiger partial charge in [-0.3, -0.25) is 14.2 Å². The van der Waals surface area contributed by atoms with E-state index in [1.165, 1.54) is 6.20 Å². The van der Waals surface area contributed by atoms with Gasteiger partial charge in [0, 0.05) is 31.0 Å². The minimum atomic E-state index is -0.499. The summed E-state index contributed by atoms with van der Waals surface area (Å²) >= 11 is 0. The Morgan fingerprint density at radius 3 is 2.58 bits per heavy atom. The van der Waals surface area contributed by atoms with E-state index in [4.69, 9.17) is 11.5 Å². The van der Waals surface area contributed by atoms with Crippen molar-refractivity contribution in [2.24, 2.45) is 18.5 Å². The number of carbonyl (C=O) groups excluding carboxylic acids is 1. The molecule has 4 N–H and O–H groups in total. The van der Waals surface area contributed by atoms with Crippen LogP contribution in [-0.4, -0.2) is 31.5 Å². The van der Waals surface area contributed by atoms with Gasteiger partial charge >= 0.3 is 0 Å².